The predicted molar refractivity (Wildman–Crippen MR) is 277 cm³/mol. The van der Waals surface area contributed by atoms with Gasteiger partial charge in [0.05, 0.1) is 40.3 Å². The number of esters is 2. The maximum absolute atomic E-state index is 12.8. The van der Waals surface area contributed by atoms with Crippen LogP contribution in [0.5, 0.6) is 0 Å². The second kappa shape index (κ2) is 47.7. The number of aliphatic carboxylic acids is 1. The standard InChI is InChI=1S/C58H97NO7/c1-6-8-10-12-14-16-18-20-22-24-26-27-28-29-31-33-35-37-39-41-43-45-47-49-57(61)66-54(52-64-51-50-55(58(62)63)59(3,4)5)53-65-56(60)48-46-44-42-40-38-36-34-32-30-25-23-21-19-17-15-13-11-9-7-2/h8,10,14-17,19-22,26-27,29,31,35,37,54-55H,6-7,9,11-13,18,23-25,28,30,32-34,36,38-53H2,1-5H3/b10-8+,16-14+,17-15+,21-19+,22-20+,27-26+,31-29+,37-35+. The van der Waals surface area contributed by atoms with Crippen LogP contribution in [-0.2, 0) is 28.6 Å². The number of likely N-dealkylation sites (N-methyl/N-ethyl adjacent to an activating group) is 1. The number of quaternary nitrogens is 1. The molecule has 0 saturated carbocycles. The molecule has 0 N–H and O–H groups in total. The number of nitrogens with zero attached hydrogens (tertiary/aromatic N) is 1. The Balaban J connectivity index is 4.32. The summed E-state index contributed by atoms with van der Waals surface area (Å²) in [5.74, 6) is -1.78. The largest absolute Gasteiger partial charge is 0.544 e. The molecule has 66 heavy (non-hydrogen) atoms. The third-order valence-electron chi connectivity index (χ3n) is 11.2. The molecule has 0 radical (unpaired) electrons. The van der Waals surface area contributed by atoms with Crippen molar-refractivity contribution in [3.63, 3.8) is 0 Å². The number of carboxylic acids is 1. The average Bonchev–Trinajstić information content (AvgIpc) is 3.28. The number of carboxylic acid groups (broad SMARTS) is 1. The topological polar surface area (TPSA) is 102 Å². The Morgan fingerprint density at radius 2 is 0.894 bits per heavy atom. The van der Waals surface area contributed by atoms with Crippen LogP contribution in [0.15, 0.2) is 97.2 Å². The Morgan fingerprint density at radius 3 is 1.35 bits per heavy atom. The summed E-state index contributed by atoms with van der Waals surface area (Å²) in [6.07, 6.45) is 64.3. The highest BCUT2D eigenvalue weighted by atomic mass is 16.6. The van der Waals surface area contributed by atoms with Crippen LogP contribution < -0.4 is 5.11 Å². The van der Waals surface area contributed by atoms with Crippen molar-refractivity contribution < 1.29 is 38.2 Å². The minimum atomic E-state index is -1.13. The van der Waals surface area contributed by atoms with Crippen molar-refractivity contribution in [3.05, 3.63) is 97.2 Å². The van der Waals surface area contributed by atoms with Crippen molar-refractivity contribution in [1.82, 2.24) is 0 Å². The first-order chi connectivity index (χ1) is 32.1. The van der Waals surface area contributed by atoms with E-state index in [0.717, 1.165) is 89.9 Å². The minimum absolute atomic E-state index is 0.0236. The molecule has 0 spiro atoms. The van der Waals surface area contributed by atoms with E-state index in [9.17, 15) is 19.5 Å². The first kappa shape index (κ1) is 62.2. The molecule has 0 aromatic carbocycles. The van der Waals surface area contributed by atoms with Crippen molar-refractivity contribution in [1.29, 1.82) is 0 Å². The summed E-state index contributed by atoms with van der Waals surface area (Å²) in [5.41, 5.74) is 0. The fourth-order valence-electron chi connectivity index (χ4n) is 7.18. The van der Waals surface area contributed by atoms with Crippen molar-refractivity contribution >= 4 is 17.9 Å². The van der Waals surface area contributed by atoms with Gasteiger partial charge in [0.25, 0.3) is 0 Å². The van der Waals surface area contributed by atoms with Crippen LogP contribution in [0.4, 0.5) is 0 Å². The minimum Gasteiger partial charge on any atom is -0.544 e. The van der Waals surface area contributed by atoms with Gasteiger partial charge in [-0.15, -0.1) is 0 Å². The van der Waals surface area contributed by atoms with Gasteiger partial charge in [-0.3, -0.25) is 9.59 Å². The van der Waals surface area contributed by atoms with Gasteiger partial charge in [-0.25, -0.2) is 0 Å². The molecule has 8 nitrogen and oxygen atoms in total. The van der Waals surface area contributed by atoms with E-state index in [0.29, 0.717) is 6.42 Å². The van der Waals surface area contributed by atoms with Crippen LogP contribution in [0.1, 0.15) is 200 Å². The van der Waals surface area contributed by atoms with Gasteiger partial charge >= 0.3 is 11.9 Å². The predicted octanol–water partition coefficient (Wildman–Crippen LogP) is 14.1. The zero-order chi connectivity index (χ0) is 48.4. The highest BCUT2D eigenvalue weighted by molar-refractivity contribution is 5.70. The highest BCUT2D eigenvalue weighted by Gasteiger charge is 2.25. The van der Waals surface area contributed by atoms with Gasteiger partial charge in [-0.05, 0) is 89.9 Å². The number of carbonyl (C=O) groups excluding carboxylic acids is 3. The third kappa shape index (κ3) is 45.4. The lowest BCUT2D eigenvalue weighted by atomic mass is 10.1. The first-order valence-electron chi connectivity index (χ1n) is 26.3. The lowest BCUT2D eigenvalue weighted by molar-refractivity contribution is -0.889. The number of unbranched alkanes of at least 4 members (excludes halogenated alkanes) is 17. The van der Waals surface area contributed by atoms with Gasteiger partial charge in [-0.2, -0.15) is 0 Å². The van der Waals surface area contributed by atoms with E-state index in [1.165, 1.54) is 77.0 Å². The molecule has 0 rings (SSSR count). The van der Waals surface area contributed by atoms with Gasteiger partial charge in [-0.1, -0.05) is 188 Å². The fourth-order valence-corrected chi connectivity index (χ4v) is 7.18. The maximum atomic E-state index is 12.8. The zero-order valence-electron chi connectivity index (χ0n) is 42.8. The molecule has 0 heterocycles. The molecule has 0 amide bonds. The lowest BCUT2D eigenvalue weighted by Crippen LogP contribution is -2.55. The Labute approximate surface area is 405 Å². The molecule has 0 bridgehead atoms. The lowest BCUT2D eigenvalue weighted by Gasteiger charge is -2.34. The van der Waals surface area contributed by atoms with Crippen LogP contribution in [0.3, 0.4) is 0 Å². The number of hydrogen-bond acceptors (Lipinski definition) is 7. The van der Waals surface area contributed by atoms with E-state index in [-0.39, 0.29) is 49.1 Å². The summed E-state index contributed by atoms with van der Waals surface area (Å²) in [6.45, 7) is 4.49. The molecular weight excluding hydrogens is 823 g/mol. The summed E-state index contributed by atoms with van der Waals surface area (Å²) in [7, 11) is 5.40. The first-order valence-corrected chi connectivity index (χ1v) is 26.3. The van der Waals surface area contributed by atoms with Crippen LogP contribution in [0, 0.1) is 0 Å². The molecule has 0 aliphatic heterocycles. The van der Waals surface area contributed by atoms with Crippen LogP contribution in [-0.4, -0.2) is 75.5 Å². The third-order valence-corrected chi connectivity index (χ3v) is 11.2. The van der Waals surface area contributed by atoms with Crippen LogP contribution in [0.2, 0.25) is 0 Å². The quantitative estimate of drug-likeness (QED) is 0.0197. The van der Waals surface area contributed by atoms with Gasteiger partial charge < -0.3 is 28.6 Å². The summed E-state index contributed by atoms with van der Waals surface area (Å²) >= 11 is 0. The molecule has 0 aromatic heterocycles. The van der Waals surface area contributed by atoms with E-state index in [1.807, 2.05) is 0 Å². The fraction of sp³-hybridized carbons (Fsp3) is 0.672. The summed E-state index contributed by atoms with van der Waals surface area (Å²) in [4.78, 5) is 37.1. The summed E-state index contributed by atoms with van der Waals surface area (Å²) in [6, 6.07) is -0.738. The van der Waals surface area contributed by atoms with Crippen molar-refractivity contribution in [3.8, 4) is 0 Å². The number of ether oxygens (including phenoxy) is 3. The van der Waals surface area contributed by atoms with Gasteiger partial charge in [0.2, 0.25) is 0 Å². The van der Waals surface area contributed by atoms with Gasteiger partial charge in [0, 0.05) is 19.3 Å². The van der Waals surface area contributed by atoms with Crippen molar-refractivity contribution in [2.75, 3.05) is 41.0 Å². The second-order valence-electron chi connectivity index (χ2n) is 18.4. The number of carbonyl (C=O) groups is 3. The molecule has 0 aliphatic rings. The number of allylic oxidation sites excluding steroid dienone is 16. The van der Waals surface area contributed by atoms with Crippen LogP contribution >= 0.6 is 0 Å². The zero-order valence-corrected chi connectivity index (χ0v) is 42.8. The van der Waals surface area contributed by atoms with E-state index in [1.54, 1.807) is 21.1 Å². The normalized spacial score (nSPS) is 13.7. The summed E-state index contributed by atoms with van der Waals surface area (Å²) < 4.78 is 17.2. The van der Waals surface area contributed by atoms with E-state index < -0.39 is 18.1 Å². The van der Waals surface area contributed by atoms with Crippen molar-refractivity contribution in [2.24, 2.45) is 0 Å². The molecule has 8 heteroatoms. The van der Waals surface area contributed by atoms with E-state index >= 15 is 0 Å². The van der Waals surface area contributed by atoms with E-state index in [2.05, 4.69) is 111 Å². The van der Waals surface area contributed by atoms with Crippen molar-refractivity contribution in [2.45, 2.75) is 212 Å². The molecule has 0 aromatic rings. The monoisotopic (exact) mass is 920 g/mol. The Bertz CT molecular complexity index is 1400. The molecule has 376 valence electrons. The molecule has 0 aliphatic carbocycles. The maximum Gasteiger partial charge on any atom is 0.306 e. The molecule has 0 fully saturated rings. The Kier molecular flexibility index (Phi) is 45.0. The summed E-state index contributed by atoms with van der Waals surface area (Å²) in [5, 5.41) is 11.7. The number of hydrogen-bond donors (Lipinski definition) is 0. The SMILES string of the molecule is CC/C=C/C/C=C/C/C=C/C/C=C/C/C=C/C/C=C/CCCCCCC(=O)OC(COCCC(C(=O)[O-])[N+](C)(C)C)COC(=O)CCCCCCCCCCCC/C=C/C=C/CCCCC. The highest BCUT2D eigenvalue weighted by Crippen LogP contribution is 2.14. The average molecular weight is 920 g/mol. The van der Waals surface area contributed by atoms with Gasteiger partial charge in [0.15, 0.2) is 6.10 Å². The molecular formula is C58H97NO7. The molecule has 2 atom stereocenters. The van der Waals surface area contributed by atoms with Gasteiger partial charge in [0.1, 0.15) is 12.6 Å². The Morgan fingerprint density at radius 1 is 0.485 bits per heavy atom. The van der Waals surface area contributed by atoms with Crippen LogP contribution in [0.25, 0.3) is 0 Å². The smallest absolute Gasteiger partial charge is 0.306 e. The second-order valence-corrected chi connectivity index (χ2v) is 18.4. The molecule has 0 saturated heterocycles. The van der Waals surface area contributed by atoms with E-state index in [4.69, 9.17) is 14.2 Å². The Hall–Kier alpha value is -3.75. The molecule has 2 unspecified atom stereocenters. The number of rotatable bonds is 46.